The molecule has 26 heavy (non-hydrogen) atoms. The summed E-state index contributed by atoms with van der Waals surface area (Å²) in [5.41, 5.74) is 0.809. The van der Waals surface area contributed by atoms with Crippen LogP contribution in [0, 0.1) is 11.3 Å². The lowest BCUT2D eigenvalue weighted by atomic mass is 10.1. The molecule has 3 rings (SSSR count). The number of hydrogen-bond donors (Lipinski definition) is 1. The van der Waals surface area contributed by atoms with E-state index in [1.54, 1.807) is 24.1 Å². The lowest BCUT2D eigenvalue weighted by molar-refractivity contribution is 0.102. The Hall–Kier alpha value is -3.34. The Kier molecular flexibility index (Phi) is 5.49. The fourth-order valence-corrected chi connectivity index (χ4v) is 2.77. The fourth-order valence-electron chi connectivity index (χ4n) is 2.77. The van der Waals surface area contributed by atoms with Crippen LogP contribution in [0.4, 0.5) is 10.5 Å². The molecule has 0 saturated carbocycles. The van der Waals surface area contributed by atoms with Gasteiger partial charge in [0.05, 0.1) is 13.7 Å². The number of piperidine rings is 1. The molecule has 2 amide bonds. The third-order valence-electron chi connectivity index (χ3n) is 4.04. The number of urea groups is 1. The molecule has 1 N–H and O–H groups in total. The number of methoxy groups -OCH3 is 1. The van der Waals surface area contributed by atoms with Gasteiger partial charge in [0, 0.05) is 30.7 Å². The van der Waals surface area contributed by atoms with Gasteiger partial charge in [0.15, 0.2) is 0 Å². The molecule has 1 fully saturated rings. The van der Waals surface area contributed by atoms with E-state index in [0.717, 1.165) is 12.8 Å². The van der Waals surface area contributed by atoms with E-state index in [4.69, 9.17) is 14.7 Å². The third kappa shape index (κ3) is 4.19. The van der Waals surface area contributed by atoms with Gasteiger partial charge < -0.3 is 19.7 Å². The second kappa shape index (κ2) is 8.16. The topological polar surface area (TPSA) is 100 Å². The molecule has 1 aromatic carbocycles. The molecule has 0 radical (unpaired) electrons. The predicted octanol–water partition coefficient (Wildman–Crippen LogP) is 2.43. The van der Waals surface area contributed by atoms with Crippen LogP contribution in [-0.2, 0) is 0 Å². The van der Waals surface area contributed by atoms with Gasteiger partial charge >= 0.3 is 6.03 Å². The number of nitrogens with zero attached hydrogens (tertiary/aromatic N) is 4. The quantitative estimate of drug-likeness (QED) is 0.906. The summed E-state index contributed by atoms with van der Waals surface area (Å²) < 4.78 is 11.0. The SMILES string of the molecule is COc1cccc(NC(=O)N2CCCC(Oc3nccnc3C#N)C2)c1. The molecule has 2 aromatic rings. The second-order valence-corrected chi connectivity index (χ2v) is 5.81. The monoisotopic (exact) mass is 353 g/mol. The van der Waals surface area contributed by atoms with Crippen molar-refractivity contribution in [3.05, 3.63) is 42.4 Å². The summed E-state index contributed by atoms with van der Waals surface area (Å²) in [7, 11) is 1.58. The first-order valence-electron chi connectivity index (χ1n) is 8.27. The highest BCUT2D eigenvalue weighted by molar-refractivity contribution is 5.89. The highest BCUT2D eigenvalue weighted by Crippen LogP contribution is 2.21. The number of aromatic nitrogens is 2. The Labute approximate surface area is 151 Å². The van der Waals surface area contributed by atoms with Gasteiger partial charge in [-0.3, -0.25) is 0 Å². The van der Waals surface area contributed by atoms with Crippen LogP contribution in [0.3, 0.4) is 0 Å². The van der Waals surface area contributed by atoms with E-state index in [0.29, 0.717) is 24.5 Å². The number of anilines is 1. The highest BCUT2D eigenvalue weighted by atomic mass is 16.5. The largest absolute Gasteiger partial charge is 0.497 e. The zero-order chi connectivity index (χ0) is 18.4. The summed E-state index contributed by atoms with van der Waals surface area (Å²) in [6.45, 7) is 1.05. The van der Waals surface area contributed by atoms with E-state index in [9.17, 15) is 4.79 Å². The molecule has 1 unspecified atom stereocenters. The van der Waals surface area contributed by atoms with Crippen molar-refractivity contribution in [2.45, 2.75) is 18.9 Å². The zero-order valence-corrected chi connectivity index (χ0v) is 14.4. The van der Waals surface area contributed by atoms with E-state index in [1.165, 1.54) is 12.4 Å². The minimum atomic E-state index is -0.233. The Morgan fingerprint density at radius 2 is 2.23 bits per heavy atom. The molecule has 8 heteroatoms. The highest BCUT2D eigenvalue weighted by Gasteiger charge is 2.26. The number of nitriles is 1. The molecular weight excluding hydrogens is 334 g/mol. The predicted molar refractivity (Wildman–Crippen MR) is 94.0 cm³/mol. The van der Waals surface area contributed by atoms with Crippen LogP contribution in [0.25, 0.3) is 0 Å². The average Bonchev–Trinajstić information content (AvgIpc) is 2.69. The molecule has 0 aliphatic carbocycles. The Morgan fingerprint density at radius 1 is 1.38 bits per heavy atom. The fraction of sp³-hybridized carbons (Fsp3) is 0.333. The van der Waals surface area contributed by atoms with Crippen LogP contribution < -0.4 is 14.8 Å². The van der Waals surface area contributed by atoms with Crippen molar-refractivity contribution in [2.75, 3.05) is 25.5 Å². The smallest absolute Gasteiger partial charge is 0.321 e. The van der Waals surface area contributed by atoms with Crippen LogP contribution in [0.2, 0.25) is 0 Å². The lowest BCUT2D eigenvalue weighted by Gasteiger charge is -2.32. The molecule has 2 heterocycles. The van der Waals surface area contributed by atoms with Gasteiger partial charge in [-0.1, -0.05) is 6.07 Å². The van der Waals surface area contributed by atoms with E-state index in [2.05, 4.69) is 15.3 Å². The summed E-state index contributed by atoms with van der Waals surface area (Å²) in [6, 6.07) is 8.94. The van der Waals surface area contributed by atoms with Crippen molar-refractivity contribution in [3.63, 3.8) is 0 Å². The minimum Gasteiger partial charge on any atom is -0.497 e. The number of nitrogens with one attached hydrogen (secondary N) is 1. The van der Waals surface area contributed by atoms with Gasteiger partial charge in [-0.15, -0.1) is 0 Å². The van der Waals surface area contributed by atoms with Crippen LogP contribution >= 0.6 is 0 Å². The summed E-state index contributed by atoms with van der Waals surface area (Å²) in [5.74, 6) is 0.879. The normalized spacial score (nSPS) is 16.5. The van der Waals surface area contributed by atoms with Crippen molar-refractivity contribution >= 4 is 11.7 Å². The van der Waals surface area contributed by atoms with E-state index >= 15 is 0 Å². The zero-order valence-electron chi connectivity index (χ0n) is 14.4. The molecule has 1 aromatic heterocycles. The first-order chi connectivity index (χ1) is 12.7. The molecule has 0 bridgehead atoms. The lowest BCUT2D eigenvalue weighted by Crippen LogP contribution is -2.46. The number of amides is 2. The van der Waals surface area contributed by atoms with Gasteiger partial charge in [0.1, 0.15) is 17.9 Å². The molecule has 1 saturated heterocycles. The molecule has 1 atom stereocenters. The van der Waals surface area contributed by atoms with Gasteiger partial charge in [-0.25, -0.2) is 14.8 Å². The number of carbonyl (C=O) groups excluding carboxylic acids is 1. The van der Waals surface area contributed by atoms with Crippen molar-refractivity contribution in [3.8, 4) is 17.7 Å². The maximum Gasteiger partial charge on any atom is 0.321 e. The van der Waals surface area contributed by atoms with Crippen LogP contribution in [-0.4, -0.2) is 47.2 Å². The maximum atomic E-state index is 12.5. The second-order valence-electron chi connectivity index (χ2n) is 5.81. The van der Waals surface area contributed by atoms with Gasteiger partial charge in [-0.05, 0) is 25.0 Å². The van der Waals surface area contributed by atoms with Crippen molar-refractivity contribution < 1.29 is 14.3 Å². The Bertz CT molecular complexity index is 820. The van der Waals surface area contributed by atoms with Crippen LogP contribution in [0.15, 0.2) is 36.7 Å². The first kappa shape index (κ1) is 17.5. The Balaban J connectivity index is 1.62. The number of benzene rings is 1. The average molecular weight is 353 g/mol. The number of rotatable bonds is 4. The van der Waals surface area contributed by atoms with Gasteiger partial charge in [0.2, 0.25) is 5.69 Å². The standard InChI is InChI=1S/C18H19N5O3/c1-25-14-5-2-4-13(10-14)22-18(24)23-9-3-6-15(12-23)26-17-16(11-19)20-7-8-21-17/h2,4-5,7-8,10,15H,3,6,9,12H2,1H3,(H,22,24). The van der Waals surface area contributed by atoms with E-state index in [-0.39, 0.29) is 23.7 Å². The molecular formula is C18H19N5O3. The van der Waals surface area contributed by atoms with Crippen LogP contribution in [0.1, 0.15) is 18.5 Å². The summed E-state index contributed by atoms with van der Waals surface area (Å²) in [5, 5.41) is 11.9. The van der Waals surface area contributed by atoms with Crippen molar-refractivity contribution in [1.29, 1.82) is 5.26 Å². The number of likely N-dealkylation sites (tertiary alicyclic amines) is 1. The summed E-state index contributed by atoms with van der Waals surface area (Å²) in [4.78, 5) is 22.2. The number of carbonyl (C=O) groups is 1. The van der Waals surface area contributed by atoms with Gasteiger partial charge in [-0.2, -0.15) is 5.26 Å². The first-order valence-corrected chi connectivity index (χ1v) is 8.27. The maximum absolute atomic E-state index is 12.5. The molecule has 8 nitrogen and oxygen atoms in total. The summed E-state index contributed by atoms with van der Waals surface area (Å²) in [6.07, 6.45) is 4.28. The van der Waals surface area contributed by atoms with Crippen molar-refractivity contribution in [1.82, 2.24) is 14.9 Å². The molecule has 1 aliphatic rings. The molecule has 134 valence electrons. The van der Waals surface area contributed by atoms with Crippen LogP contribution in [0.5, 0.6) is 11.6 Å². The number of hydrogen-bond acceptors (Lipinski definition) is 6. The molecule has 0 spiro atoms. The number of ether oxygens (including phenoxy) is 2. The van der Waals surface area contributed by atoms with E-state index in [1.807, 2.05) is 18.2 Å². The van der Waals surface area contributed by atoms with Crippen molar-refractivity contribution in [2.24, 2.45) is 0 Å². The molecule has 1 aliphatic heterocycles. The summed E-state index contributed by atoms with van der Waals surface area (Å²) >= 11 is 0. The Morgan fingerprint density at radius 3 is 3.04 bits per heavy atom. The third-order valence-corrected chi connectivity index (χ3v) is 4.04. The minimum absolute atomic E-state index is 0.144. The van der Waals surface area contributed by atoms with Gasteiger partial charge in [0.25, 0.3) is 5.88 Å². The van der Waals surface area contributed by atoms with E-state index < -0.39 is 0 Å².